The predicted octanol–water partition coefficient (Wildman–Crippen LogP) is 2.65. The third kappa shape index (κ3) is 5.36. The molecule has 0 spiro atoms. The van der Waals surface area contributed by atoms with Gasteiger partial charge in [-0.2, -0.15) is 0 Å². The first-order valence-electron chi connectivity index (χ1n) is 7.67. The number of nitrogens with two attached hydrogens (primary N) is 1. The summed E-state index contributed by atoms with van der Waals surface area (Å²) in [6, 6.07) is 12.4. The fourth-order valence-corrected chi connectivity index (χ4v) is 2.20. The van der Waals surface area contributed by atoms with Gasteiger partial charge in [-0.3, -0.25) is 9.98 Å². The number of aliphatic imine (C=N–C) groups is 1. The van der Waals surface area contributed by atoms with Crippen LogP contribution in [0.5, 0.6) is 0 Å². The summed E-state index contributed by atoms with van der Waals surface area (Å²) in [6.45, 7) is 5.20. The number of halogens is 1. The second-order valence-electron chi connectivity index (χ2n) is 6.09. The first-order chi connectivity index (χ1) is 11.0. The summed E-state index contributed by atoms with van der Waals surface area (Å²) in [5.41, 5.74) is 7.53. The van der Waals surface area contributed by atoms with E-state index < -0.39 is 0 Å². The van der Waals surface area contributed by atoms with Crippen molar-refractivity contribution in [1.82, 2.24) is 10.3 Å². The molecule has 0 saturated heterocycles. The molecule has 4 nitrogen and oxygen atoms in total. The Morgan fingerprint density at radius 3 is 2.78 bits per heavy atom. The Bertz CT molecular complexity index is 653. The number of guanidine groups is 1. The number of hydrogen-bond donors (Lipinski definition) is 2. The standard InChI is InChI=1S/C18H23FN4/c1-18(2,14-6-5-7-15(19)12-14)13-23-17(20)22-11-9-16-8-3-4-10-21-16/h3-8,10,12H,9,11,13H2,1-2H3,(H3,20,22,23). The molecule has 0 fully saturated rings. The maximum absolute atomic E-state index is 13.3. The van der Waals surface area contributed by atoms with Crippen LogP contribution in [0.1, 0.15) is 25.1 Å². The highest BCUT2D eigenvalue weighted by Crippen LogP contribution is 2.23. The van der Waals surface area contributed by atoms with Crippen LogP contribution < -0.4 is 11.1 Å². The van der Waals surface area contributed by atoms with Crippen molar-refractivity contribution in [2.45, 2.75) is 25.7 Å². The number of nitrogens with zero attached hydrogens (tertiary/aromatic N) is 2. The van der Waals surface area contributed by atoms with E-state index in [2.05, 4.69) is 15.3 Å². The van der Waals surface area contributed by atoms with E-state index in [9.17, 15) is 4.39 Å². The molecular weight excluding hydrogens is 291 g/mol. The largest absolute Gasteiger partial charge is 0.370 e. The van der Waals surface area contributed by atoms with Gasteiger partial charge in [0.25, 0.3) is 0 Å². The lowest BCUT2D eigenvalue weighted by Gasteiger charge is -2.23. The molecule has 0 atom stereocenters. The van der Waals surface area contributed by atoms with E-state index in [0.717, 1.165) is 17.7 Å². The molecule has 0 saturated carbocycles. The van der Waals surface area contributed by atoms with E-state index in [0.29, 0.717) is 19.0 Å². The number of aromatic nitrogens is 1. The molecule has 1 aromatic carbocycles. The average Bonchev–Trinajstić information content (AvgIpc) is 2.54. The Morgan fingerprint density at radius 2 is 2.09 bits per heavy atom. The van der Waals surface area contributed by atoms with Crippen LogP contribution in [-0.4, -0.2) is 24.0 Å². The molecule has 0 bridgehead atoms. The lowest BCUT2D eigenvalue weighted by Crippen LogP contribution is -2.35. The lowest BCUT2D eigenvalue weighted by molar-refractivity contribution is 0.530. The zero-order valence-electron chi connectivity index (χ0n) is 13.6. The molecule has 2 aromatic rings. The van der Waals surface area contributed by atoms with Gasteiger partial charge in [-0.25, -0.2) is 4.39 Å². The molecule has 0 aliphatic carbocycles. The number of nitrogens with one attached hydrogen (secondary N) is 1. The van der Waals surface area contributed by atoms with Gasteiger partial charge in [0.05, 0.1) is 6.54 Å². The number of benzene rings is 1. The van der Waals surface area contributed by atoms with Crippen molar-refractivity contribution in [3.8, 4) is 0 Å². The Kier molecular flexibility index (Phi) is 5.68. The summed E-state index contributed by atoms with van der Waals surface area (Å²) in [4.78, 5) is 8.63. The molecule has 0 unspecified atom stereocenters. The molecule has 1 aromatic heterocycles. The predicted molar refractivity (Wildman–Crippen MR) is 91.9 cm³/mol. The summed E-state index contributed by atoms with van der Waals surface area (Å²) in [5.74, 6) is 0.159. The monoisotopic (exact) mass is 314 g/mol. The van der Waals surface area contributed by atoms with E-state index in [1.807, 2.05) is 38.1 Å². The number of rotatable bonds is 6. The van der Waals surface area contributed by atoms with Crippen LogP contribution in [-0.2, 0) is 11.8 Å². The number of hydrogen-bond acceptors (Lipinski definition) is 2. The zero-order chi connectivity index (χ0) is 16.7. The summed E-state index contributed by atoms with van der Waals surface area (Å²) >= 11 is 0. The van der Waals surface area contributed by atoms with Gasteiger partial charge in [-0.05, 0) is 29.8 Å². The van der Waals surface area contributed by atoms with E-state index >= 15 is 0 Å². The van der Waals surface area contributed by atoms with Crippen molar-refractivity contribution < 1.29 is 4.39 Å². The van der Waals surface area contributed by atoms with Gasteiger partial charge in [-0.1, -0.05) is 32.0 Å². The normalized spacial score (nSPS) is 12.2. The van der Waals surface area contributed by atoms with Gasteiger partial charge < -0.3 is 11.1 Å². The highest BCUT2D eigenvalue weighted by molar-refractivity contribution is 5.77. The Hall–Kier alpha value is -2.43. The first-order valence-corrected chi connectivity index (χ1v) is 7.67. The molecule has 2 rings (SSSR count). The fraction of sp³-hybridized carbons (Fsp3) is 0.333. The maximum atomic E-state index is 13.3. The minimum absolute atomic E-state index is 0.235. The Balaban J connectivity index is 1.86. The van der Waals surface area contributed by atoms with E-state index in [1.165, 1.54) is 6.07 Å². The third-order valence-electron chi connectivity index (χ3n) is 3.66. The van der Waals surface area contributed by atoms with E-state index in [4.69, 9.17) is 5.73 Å². The van der Waals surface area contributed by atoms with E-state index in [-0.39, 0.29) is 11.2 Å². The van der Waals surface area contributed by atoms with Crippen molar-refractivity contribution >= 4 is 5.96 Å². The van der Waals surface area contributed by atoms with Crippen LogP contribution in [0.15, 0.2) is 53.7 Å². The van der Waals surface area contributed by atoms with Crippen LogP contribution in [0, 0.1) is 5.82 Å². The third-order valence-corrected chi connectivity index (χ3v) is 3.66. The van der Waals surface area contributed by atoms with Crippen LogP contribution >= 0.6 is 0 Å². The fourth-order valence-electron chi connectivity index (χ4n) is 2.20. The highest BCUT2D eigenvalue weighted by Gasteiger charge is 2.20. The second kappa shape index (κ2) is 7.72. The van der Waals surface area contributed by atoms with Crippen LogP contribution in [0.2, 0.25) is 0 Å². The van der Waals surface area contributed by atoms with Crippen molar-refractivity contribution in [1.29, 1.82) is 0 Å². The topological polar surface area (TPSA) is 63.3 Å². The maximum Gasteiger partial charge on any atom is 0.188 e. The van der Waals surface area contributed by atoms with Gasteiger partial charge in [0.15, 0.2) is 5.96 Å². The molecule has 122 valence electrons. The SMILES string of the molecule is CC(C)(CN=C(N)NCCc1ccccn1)c1cccc(F)c1. The second-order valence-corrected chi connectivity index (χ2v) is 6.09. The van der Waals surface area contributed by atoms with Crippen molar-refractivity contribution in [3.05, 3.63) is 65.7 Å². The smallest absolute Gasteiger partial charge is 0.188 e. The van der Waals surface area contributed by atoms with Crippen LogP contribution in [0.4, 0.5) is 4.39 Å². The minimum Gasteiger partial charge on any atom is -0.370 e. The lowest BCUT2D eigenvalue weighted by atomic mass is 9.85. The first kappa shape index (κ1) is 16.9. The van der Waals surface area contributed by atoms with Crippen LogP contribution in [0.25, 0.3) is 0 Å². The molecule has 3 N–H and O–H groups in total. The van der Waals surface area contributed by atoms with Crippen LogP contribution in [0.3, 0.4) is 0 Å². The molecule has 0 amide bonds. The summed E-state index contributed by atoms with van der Waals surface area (Å²) in [5, 5.41) is 3.08. The van der Waals surface area contributed by atoms with Gasteiger partial charge in [0.1, 0.15) is 5.82 Å². The van der Waals surface area contributed by atoms with Crippen molar-refractivity contribution in [2.24, 2.45) is 10.7 Å². The minimum atomic E-state index is -0.282. The molecule has 23 heavy (non-hydrogen) atoms. The van der Waals surface area contributed by atoms with E-state index in [1.54, 1.807) is 18.3 Å². The highest BCUT2D eigenvalue weighted by atomic mass is 19.1. The van der Waals surface area contributed by atoms with Gasteiger partial charge in [0, 0.05) is 30.3 Å². The Labute approximate surface area is 136 Å². The molecule has 0 aliphatic heterocycles. The molecular formula is C18H23FN4. The van der Waals surface area contributed by atoms with Gasteiger partial charge >= 0.3 is 0 Å². The average molecular weight is 314 g/mol. The summed E-state index contributed by atoms with van der Waals surface area (Å²) in [6.07, 6.45) is 2.55. The molecule has 1 heterocycles. The quantitative estimate of drug-likeness (QED) is 0.636. The molecule has 0 aliphatic rings. The van der Waals surface area contributed by atoms with Gasteiger partial charge in [0.2, 0.25) is 0 Å². The van der Waals surface area contributed by atoms with Crippen molar-refractivity contribution in [2.75, 3.05) is 13.1 Å². The molecule has 5 heteroatoms. The number of pyridine rings is 1. The Morgan fingerprint density at radius 1 is 1.26 bits per heavy atom. The van der Waals surface area contributed by atoms with Crippen molar-refractivity contribution in [3.63, 3.8) is 0 Å². The molecule has 0 radical (unpaired) electrons. The summed E-state index contributed by atoms with van der Waals surface area (Å²) in [7, 11) is 0. The summed E-state index contributed by atoms with van der Waals surface area (Å²) < 4.78 is 13.3. The van der Waals surface area contributed by atoms with Gasteiger partial charge in [-0.15, -0.1) is 0 Å². The zero-order valence-corrected chi connectivity index (χ0v) is 13.6.